The fourth-order valence-corrected chi connectivity index (χ4v) is 2.60. The smallest absolute Gasteiger partial charge is 0.111 e. The van der Waals surface area contributed by atoms with Gasteiger partial charge in [-0.1, -0.05) is 13.8 Å². The molecule has 0 N–H and O–H groups in total. The van der Waals surface area contributed by atoms with E-state index < -0.39 is 0 Å². The highest BCUT2D eigenvalue weighted by atomic mass is 32.1. The summed E-state index contributed by atoms with van der Waals surface area (Å²) >= 11 is 1.85. The van der Waals surface area contributed by atoms with Crippen LogP contribution in [0.25, 0.3) is 0 Å². The van der Waals surface area contributed by atoms with Gasteiger partial charge in [0.15, 0.2) is 0 Å². The Balaban J connectivity index is 2.12. The number of rotatable bonds is 2. The Bertz CT molecular complexity index is 274. The molecular weight excluding hydrogens is 180 g/mol. The van der Waals surface area contributed by atoms with Crippen molar-refractivity contribution in [2.45, 2.75) is 32.6 Å². The van der Waals surface area contributed by atoms with Crippen molar-refractivity contribution in [1.29, 1.82) is 0 Å². The second-order valence-electron chi connectivity index (χ2n) is 3.89. The molecule has 0 bridgehead atoms. The number of nitrogens with zero attached hydrogens (tertiary/aromatic N) is 2. The maximum absolute atomic E-state index is 4.44. The molecular formula is C10H16N2S. The molecule has 2 rings (SSSR count). The van der Waals surface area contributed by atoms with Crippen molar-refractivity contribution in [3.8, 4) is 0 Å². The number of thiazole rings is 1. The minimum absolute atomic E-state index is 0.571. The van der Waals surface area contributed by atoms with Crippen molar-refractivity contribution in [3.63, 3.8) is 0 Å². The van der Waals surface area contributed by atoms with Crippen LogP contribution in [0.5, 0.6) is 0 Å². The van der Waals surface area contributed by atoms with E-state index in [4.69, 9.17) is 0 Å². The van der Waals surface area contributed by atoms with Crippen LogP contribution in [0.2, 0.25) is 0 Å². The van der Waals surface area contributed by atoms with E-state index >= 15 is 0 Å². The van der Waals surface area contributed by atoms with E-state index in [1.807, 2.05) is 17.5 Å². The van der Waals surface area contributed by atoms with Gasteiger partial charge in [0.05, 0.1) is 11.2 Å². The largest absolute Gasteiger partial charge is 0.362 e. The van der Waals surface area contributed by atoms with Gasteiger partial charge >= 0.3 is 0 Å². The van der Waals surface area contributed by atoms with E-state index in [0.29, 0.717) is 5.92 Å². The topological polar surface area (TPSA) is 16.1 Å². The fourth-order valence-electron chi connectivity index (χ4n) is 1.63. The molecule has 0 unspecified atom stereocenters. The van der Waals surface area contributed by atoms with E-state index in [9.17, 15) is 0 Å². The summed E-state index contributed by atoms with van der Waals surface area (Å²) in [6.45, 7) is 6.85. The van der Waals surface area contributed by atoms with Crippen LogP contribution in [0.4, 0.5) is 5.00 Å². The minimum Gasteiger partial charge on any atom is -0.362 e. The first kappa shape index (κ1) is 9.00. The summed E-state index contributed by atoms with van der Waals surface area (Å²) < 4.78 is 0. The molecule has 2 heterocycles. The molecule has 0 radical (unpaired) electrons. The van der Waals surface area contributed by atoms with Crippen molar-refractivity contribution in [2.75, 3.05) is 18.0 Å². The normalized spacial score (nSPS) is 17.3. The minimum atomic E-state index is 0.571. The van der Waals surface area contributed by atoms with Crippen LogP contribution in [0, 0.1) is 0 Å². The summed E-state index contributed by atoms with van der Waals surface area (Å²) in [4.78, 5) is 6.89. The maximum atomic E-state index is 4.44. The molecule has 13 heavy (non-hydrogen) atoms. The predicted molar refractivity (Wildman–Crippen MR) is 57.7 cm³/mol. The van der Waals surface area contributed by atoms with Gasteiger partial charge in [0.2, 0.25) is 0 Å². The molecule has 72 valence electrons. The Kier molecular flexibility index (Phi) is 2.54. The highest BCUT2D eigenvalue weighted by molar-refractivity contribution is 7.15. The summed E-state index contributed by atoms with van der Waals surface area (Å²) in [5.41, 5.74) is 0. The lowest BCUT2D eigenvalue weighted by Crippen LogP contribution is -2.15. The molecule has 0 atom stereocenters. The molecule has 1 aromatic heterocycles. The summed E-state index contributed by atoms with van der Waals surface area (Å²) in [5.74, 6) is 0.571. The molecule has 1 aromatic rings. The highest BCUT2D eigenvalue weighted by Crippen LogP contribution is 2.30. The second-order valence-corrected chi connectivity index (χ2v) is 4.93. The van der Waals surface area contributed by atoms with Crippen molar-refractivity contribution in [1.82, 2.24) is 4.98 Å². The van der Waals surface area contributed by atoms with E-state index in [-0.39, 0.29) is 0 Å². The molecule has 0 aliphatic carbocycles. The third-order valence-electron chi connectivity index (χ3n) is 2.42. The molecule has 1 aliphatic rings. The van der Waals surface area contributed by atoms with E-state index in [1.165, 1.54) is 35.9 Å². The predicted octanol–water partition coefficient (Wildman–Crippen LogP) is 2.87. The van der Waals surface area contributed by atoms with Crippen molar-refractivity contribution >= 4 is 16.3 Å². The first-order valence-corrected chi connectivity index (χ1v) is 5.79. The second kappa shape index (κ2) is 3.66. The van der Waals surface area contributed by atoms with Crippen LogP contribution in [0.3, 0.4) is 0 Å². The molecule has 0 saturated carbocycles. The quantitative estimate of drug-likeness (QED) is 0.723. The maximum Gasteiger partial charge on any atom is 0.111 e. The van der Waals surface area contributed by atoms with Crippen LogP contribution in [0.15, 0.2) is 6.20 Å². The standard InChI is InChI=1S/C10H16N2S/c1-8(2)10-11-7-9(13-10)12-5-3-4-6-12/h7-8H,3-6H2,1-2H3. The summed E-state index contributed by atoms with van der Waals surface area (Å²) in [7, 11) is 0. The van der Waals surface area contributed by atoms with Gasteiger partial charge in [-0.25, -0.2) is 4.98 Å². The zero-order chi connectivity index (χ0) is 9.26. The fraction of sp³-hybridized carbons (Fsp3) is 0.700. The number of anilines is 1. The van der Waals surface area contributed by atoms with Gasteiger partial charge in [0, 0.05) is 19.0 Å². The molecule has 3 heteroatoms. The average Bonchev–Trinajstić information content (AvgIpc) is 2.75. The molecule has 0 spiro atoms. The SMILES string of the molecule is CC(C)c1ncc(N2CCCC2)s1. The molecule has 0 amide bonds. The third kappa shape index (κ3) is 1.85. The van der Waals surface area contributed by atoms with Crippen LogP contribution >= 0.6 is 11.3 Å². The van der Waals surface area contributed by atoms with Gasteiger partial charge in [0.25, 0.3) is 0 Å². The first-order valence-electron chi connectivity index (χ1n) is 4.98. The van der Waals surface area contributed by atoms with Gasteiger partial charge in [-0.2, -0.15) is 0 Å². The highest BCUT2D eigenvalue weighted by Gasteiger charge is 2.15. The molecule has 1 fully saturated rings. The van der Waals surface area contributed by atoms with Gasteiger partial charge in [-0.3, -0.25) is 0 Å². The Morgan fingerprint density at radius 3 is 2.62 bits per heavy atom. The van der Waals surface area contributed by atoms with Gasteiger partial charge < -0.3 is 4.90 Å². The number of aromatic nitrogens is 1. The summed E-state index contributed by atoms with van der Waals surface area (Å²) in [6, 6.07) is 0. The van der Waals surface area contributed by atoms with Crippen LogP contribution in [-0.2, 0) is 0 Å². The van der Waals surface area contributed by atoms with Crippen LogP contribution in [0.1, 0.15) is 37.6 Å². The third-order valence-corrected chi connectivity index (χ3v) is 3.78. The lowest BCUT2D eigenvalue weighted by Gasteiger charge is -2.13. The number of hydrogen-bond acceptors (Lipinski definition) is 3. The summed E-state index contributed by atoms with van der Waals surface area (Å²) in [6.07, 6.45) is 4.72. The zero-order valence-electron chi connectivity index (χ0n) is 8.29. The average molecular weight is 196 g/mol. The molecule has 2 nitrogen and oxygen atoms in total. The lowest BCUT2D eigenvalue weighted by atomic mass is 10.2. The monoisotopic (exact) mass is 196 g/mol. The van der Waals surface area contributed by atoms with Gasteiger partial charge in [0.1, 0.15) is 5.00 Å². The number of hydrogen-bond donors (Lipinski definition) is 0. The van der Waals surface area contributed by atoms with E-state index in [1.54, 1.807) is 0 Å². The van der Waals surface area contributed by atoms with Gasteiger partial charge in [-0.05, 0) is 12.8 Å². The van der Waals surface area contributed by atoms with E-state index in [0.717, 1.165) is 0 Å². The van der Waals surface area contributed by atoms with Crippen molar-refractivity contribution in [3.05, 3.63) is 11.2 Å². The zero-order valence-corrected chi connectivity index (χ0v) is 9.10. The summed E-state index contributed by atoms with van der Waals surface area (Å²) in [5, 5.41) is 2.63. The van der Waals surface area contributed by atoms with Crippen molar-refractivity contribution in [2.24, 2.45) is 0 Å². The Morgan fingerprint density at radius 1 is 1.38 bits per heavy atom. The molecule has 1 aliphatic heterocycles. The van der Waals surface area contributed by atoms with Crippen LogP contribution < -0.4 is 4.90 Å². The molecule has 1 saturated heterocycles. The van der Waals surface area contributed by atoms with E-state index in [2.05, 4.69) is 23.7 Å². The lowest BCUT2D eigenvalue weighted by molar-refractivity contribution is 0.852. The Morgan fingerprint density at radius 2 is 2.08 bits per heavy atom. The van der Waals surface area contributed by atoms with Crippen molar-refractivity contribution < 1.29 is 0 Å². The first-order chi connectivity index (χ1) is 6.27. The van der Waals surface area contributed by atoms with Crippen LogP contribution in [-0.4, -0.2) is 18.1 Å². The van der Waals surface area contributed by atoms with Gasteiger partial charge in [-0.15, -0.1) is 11.3 Å². The Labute approximate surface area is 83.6 Å². The Hall–Kier alpha value is -0.570. The molecule has 0 aromatic carbocycles.